The molecule has 0 aromatic heterocycles. The summed E-state index contributed by atoms with van der Waals surface area (Å²) in [5.41, 5.74) is 2.24. The molecule has 7 nitrogen and oxygen atoms in total. The maximum absolute atomic E-state index is 12.8. The molecule has 8 heteroatoms. The van der Waals surface area contributed by atoms with Gasteiger partial charge in [-0.05, 0) is 55.5 Å². The summed E-state index contributed by atoms with van der Waals surface area (Å²) in [5.74, 6) is -0.999. The van der Waals surface area contributed by atoms with Gasteiger partial charge in [-0.25, -0.2) is 13.2 Å². The number of hydrogen-bond acceptors (Lipinski definition) is 5. The predicted octanol–water partition coefficient (Wildman–Crippen LogP) is 3.86. The number of nitrogens with zero attached hydrogens (tertiary/aromatic N) is 1. The van der Waals surface area contributed by atoms with Crippen molar-refractivity contribution in [3.05, 3.63) is 89.5 Å². The molecule has 0 bridgehead atoms. The van der Waals surface area contributed by atoms with E-state index in [1.54, 1.807) is 60.7 Å². The summed E-state index contributed by atoms with van der Waals surface area (Å²) in [6.45, 7) is 1.88. The lowest BCUT2D eigenvalue weighted by atomic mass is 10.1. The zero-order chi connectivity index (χ0) is 22.6. The average Bonchev–Trinajstić information content (AvgIpc) is 2.78. The Kier molecular flexibility index (Phi) is 6.41. The van der Waals surface area contributed by atoms with Gasteiger partial charge in [0.05, 0.1) is 28.9 Å². The predicted molar refractivity (Wildman–Crippen MR) is 119 cm³/mol. The quantitative estimate of drug-likeness (QED) is 0.590. The van der Waals surface area contributed by atoms with E-state index in [0.717, 1.165) is 9.87 Å². The highest BCUT2D eigenvalue weighted by atomic mass is 32.2. The van der Waals surface area contributed by atoms with Crippen LogP contribution in [0.1, 0.15) is 26.3 Å². The molecular weight excluding hydrogens is 416 g/mol. The third-order valence-corrected chi connectivity index (χ3v) is 6.55. The van der Waals surface area contributed by atoms with Gasteiger partial charge in [-0.1, -0.05) is 29.8 Å². The minimum Gasteiger partial charge on any atom is -0.465 e. The third kappa shape index (κ3) is 4.75. The molecule has 0 saturated heterocycles. The zero-order valence-corrected chi connectivity index (χ0v) is 18.1. The van der Waals surface area contributed by atoms with Crippen LogP contribution in [0.4, 0.5) is 11.4 Å². The molecule has 0 atom stereocenters. The van der Waals surface area contributed by atoms with Crippen molar-refractivity contribution in [1.29, 1.82) is 0 Å². The number of esters is 1. The number of hydrogen-bond donors (Lipinski definition) is 1. The number of anilines is 2. The number of carbonyl (C=O) groups is 2. The van der Waals surface area contributed by atoms with Crippen LogP contribution in [0.25, 0.3) is 0 Å². The summed E-state index contributed by atoms with van der Waals surface area (Å²) in [5, 5.41) is 2.68. The monoisotopic (exact) mass is 438 g/mol. The normalized spacial score (nSPS) is 10.9. The number of amides is 1. The van der Waals surface area contributed by atoms with E-state index in [4.69, 9.17) is 4.74 Å². The van der Waals surface area contributed by atoms with Gasteiger partial charge in [0.1, 0.15) is 0 Å². The summed E-state index contributed by atoms with van der Waals surface area (Å²) in [6, 6.07) is 19.2. The van der Waals surface area contributed by atoms with Gasteiger partial charge in [0.2, 0.25) is 0 Å². The fourth-order valence-corrected chi connectivity index (χ4v) is 4.10. The van der Waals surface area contributed by atoms with Gasteiger partial charge in [-0.3, -0.25) is 9.10 Å². The Morgan fingerprint density at radius 2 is 1.52 bits per heavy atom. The molecule has 0 aliphatic rings. The molecule has 3 rings (SSSR count). The standard InChI is InChI=1S/C23H22N2O5S/c1-16-8-14-19(15-9-16)31(28,29)25(2)18-12-10-17(11-13-18)22(26)24-21-7-5-4-6-20(21)23(27)30-3/h4-15H,1-3H3,(H,24,26). The summed E-state index contributed by atoms with van der Waals surface area (Å²) in [6.07, 6.45) is 0. The highest BCUT2D eigenvalue weighted by Crippen LogP contribution is 2.23. The number of nitrogens with one attached hydrogen (secondary N) is 1. The third-order valence-electron chi connectivity index (χ3n) is 4.75. The lowest BCUT2D eigenvalue weighted by molar-refractivity contribution is 0.0602. The van der Waals surface area contributed by atoms with Crippen molar-refractivity contribution in [2.24, 2.45) is 0 Å². The first-order valence-corrected chi connectivity index (χ1v) is 10.8. The van der Waals surface area contributed by atoms with Gasteiger partial charge in [0.15, 0.2) is 0 Å². The largest absolute Gasteiger partial charge is 0.465 e. The van der Waals surface area contributed by atoms with Crippen molar-refractivity contribution in [2.75, 3.05) is 23.8 Å². The Hall–Kier alpha value is -3.65. The molecule has 0 aliphatic carbocycles. The van der Waals surface area contributed by atoms with Crippen molar-refractivity contribution < 1.29 is 22.7 Å². The molecule has 3 aromatic carbocycles. The highest BCUT2D eigenvalue weighted by molar-refractivity contribution is 7.92. The Balaban J connectivity index is 1.79. The number of sulfonamides is 1. The van der Waals surface area contributed by atoms with Crippen molar-refractivity contribution in [3.63, 3.8) is 0 Å². The summed E-state index contributed by atoms with van der Waals surface area (Å²) in [4.78, 5) is 24.7. The zero-order valence-electron chi connectivity index (χ0n) is 17.3. The van der Waals surface area contributed by atoms with E-state index >= 15 is 0 Å². The van der Waals surface area contributed by atoms with Crippen molar-refractivity contribution in [3.8, 4) is 0 Å². The van der Waals surface area contributed by atoms with Crippen LogP contribution in [-0.2, 0) is 14.8 Å². The number of aryl methyl sites for hydroxylation is 1. The van der Waals surface area contributed by atoms with Gasteiger partial charge in [0, 0.05) is 12.6 Å². The number of benzene rings is 3. The van der Waals surface area contributed by atoms with Gasteiger partial charge in [0.25, 0.3) is 15.9 Å². The number of para-hydroxylation sites is 1. The highest BCUT2D eigenvalue weighted by Gasteiger charge is 2.21. The summed E-state index contributed by atoms with van der Waals surface area (Å²) in [7, 11) is -1.01. The first-order chi connectivity index (χ1) is 14.7. The molecule has 31 heavy (non-hydrogen) atoms. The second kappa shape index (κ2) is 9.01. The van der Waals surface area contributed by atoms with Crippen LogP contribution in [0.15, 0.2) is 77.7 Å². The van der Waals surface area contributed by atoms with Crippen LogP contribution >= 0.6 is 0 Å². The fourth-order valence-electron chi connectivity index (χ4n) is 2.90. The lowest BCUT2D eigenvalue weighted by Gasteiger charge is -2.20. The van der Waals surface area contributed by atoms with E-state index in [0.29, 0.717) is 16.9 Å². The van der Waals surface area contributed by atoms with Crippen LogP contribution < -0.4 is 9.62 Å². The van der Waals surface area contributed by atoms with Crippen LogP contribution in [0.3, 0.4) is 0 Å². The molecule has 1 amide bonds. The molecule has 1 N–H and O–H groups in total. The summed E-state index contributed by atoms with van der Waals surface area (Å²) < 4.78 is 31.6. The molecule has 0 radical (unpaired) electrons. The Bertz CT molecular complexity index is 1200. The Morgan fingerprint density at radius 1 is 0.903 bits per heavy atom. The summed E-state index contributed by atoms with van der Waals surface area (Å²) >= 11 is 0. The SMILES string of the molecule is COC(=O)c1ccccc1NC(=O)c1ccc(N(C)S(=O)(=O)c2ccc(C)cc2)cc1. The molecule has 0 fully saturated rings. The van der Waals surface area contributed by atoms with E-state index in [1.807, 2.05) is 6.92 Å². The van der Waals surface area contributed by atoms with E-state index in [9.17, 15) is 18.0 Å². The maximum atomic E-state index is 12.8. The van der Waals surface area contributed by atoms with Crippen LogP contribution in [0.2, 0.25) is 0 Å². The van der Waals surface area contributed by atoms with E-state index in [-0.39, 0.29) is 10.5 Å². The molecule has 0 spiro atoms. The molecular formula is C23H22N2O5S. The second-order valence-corrected chi connectivity index (χ2v) is 8.79. The van der Waals surface area contributed by atoms with Crippen LogP contribution in [0, 0.1) is 6.92 Å². The number of ether oxygens (including phenoxy) is 1. The number of methoxy groups -OCH3 is 1. The van der Waals surface area contributed by atoms with E-state index in [2.05, 4.69) is 5.32 Å². The fraction of sp³-hybridized carbons (Fsp3) is 0.130. The molecule has 0 aliphatic heterocycles. The number of carbonyl (C=O) groups excluding carboxylic acids is 2. The molecule has 3 aromatic rings. The van der Waals surface area contributed by atoms with Gasteiger partial charge < -0.3 is 10.1 Å². The minimum absolute atomic E-state index is 0.182. The van der Waals surface area contributed by atoms with E-state index in [1.165, 1.54) is 26.3 Å². The van der Waals surface area contributed by atoms with Crippen molar-refractivity contribution >= 4 is 33.3 Å². The van der Waals surface area contributed by atoms with Crippen LogP contribution in [0.5, 0.6) is 0 Å². The average molecular weight is 439 g/mol. The Morgan fingerprint density at radius 3 is 2.13 bits per heavy atom. The van der Waals surface area contributed by atoms with Crippen LogP contribution in [-0.4, -0.2) is 34.5 Å². The maximum Gasteiger partial charge on any atom is 0.339 e. The van der Waals surface area contributed by atoms with Gasteiger partial charge >= 0.3 is 5.97 Å². The lowest BCUT2D eigenvalue weighted by Crippen LogP contribution is -2.26. The topological polar surface area (TPSA) is 92.8 Å². The van der Waals surface area contributed by atoms with Gasteiger partial charge in [-0.15, -0.1) is 0 Å². The minimum atomic E-state index is -3.73. The first kappa shape index (κ1) is 22.0. The van der Waals surface area contributed by atoms with E-state index < -0.39 is 21.9 Å². The smallest absolute Gasteiger partial charge is 0.339 e. The van der Waals surface area contributed by atoms with Crippen molar-refractivity contribution in [1.82, 2.24) is 0 Å². The number of rotatable bonds is 6. The second-order valence-electron chi connectivity index (χ2n) is 6.82. The molecule has 160 valence electrons. The van der Waals surface area contributed by atoms with Crippen molar-refractivity contribution in [2.45, 2.75) is 11.8 Å². The van der Waals surface area contributed by atoms with Gasteiger partial charge in [-0.2, -0.15) is 0 Å². The molecule has 0 heterocycles. The molecule has 0 saturated carbocycles. The first-order valence-electron chi connectivity index (χ1n) is 9.38. The Labute approximate surface area is 181 Å². The molecule has 0 unspecified atom stereocenters.